The van der Waals surface area contributed by atoms with Crippen molar-refractivity contribution in [1.82, 2.24) is 15.6 Å². The van der Waals surface area contributed by atoms with Gasteiger partial charge in [0.05, 0.1) is 0 Å². The molecule has 1 unspecified atom stereocenters. The van der Waals surface area contributed by atoms with E-state index in [0.717, 1.165) is 19.6 Å². The summed E-state index contributed by atoms with van der Waals surface area (Å²) in [5, 5.41) is 5.56. The van der Waals surface area contributed by atoms with Crippen LogP contribution in [0.5, 0.6) is 0 Å². The first-order valence-electron chi connectivity index (χ1n) is 3.58. The molecule has 0 spiro atoms. The molecule has 1 saturated heterocycles. The zero-order valence-corrected chi connectivity index (χ0v) is 6.47. The highest BCUT2D eigenvalue weighted by atomic mass is 19.2. The van der Waals surface area contributed by atoms with Crippen molar-refractivity contribution in [2.45, 2.75) is 13.0 Å². The van der Waals surface area contributed by atoms with E-state index in [4.69, 9.17) is 0 Å². The Bertz CT molecular complexity index is 107. The van der Waals surface area contributed by atoms with Crippen molar-refractivity contribution < 1.29 is 4.48 Å². The van der Waals surface area contributed by atoms with E-state index in [0.29, 0.717) is 5.23 Å². The Morgan fingerprint density at radius 1 is 1.70 bits per heavy atom. The summed E-state index contributed by atoms with van der Waals surface area (Å²) in [6, 6.07) is 0.267. The lowest BCUT2D eigenvalue weighted by Gasteiger charge is -2.34. The summed E-state index contributed by atoms with van der Waals surface area (Å²) in [6.07, 6.45) is 0. The maximum atomic E-state index is 12.6. The number of hydrazine groups is 1. The highest BCUT2D eigenvalue weighted by Gasteiger charge is 2.20. The third-order valence-corrected chi connectivity index (χ3v) is 1.82. The molecule has 1 atom stereocenters. The second-order valence-electron chi connectivity index (χ2n) is 2.66. The normalized spacial score (nSPS) is 29.4. The van der Waals surface area contributed by atoms with E-state index in [1.54, 1.807) is 5.01 Å². The fourth-order valence-corrected chi connectivity index (χ4v) is 1.24. The van der Waals surface area contributed by atoms with Crippen LogP contribution in [0.25, 0.3) is 0 Å². The molecule has 3 nitrogen and oxygen atoms in total. The fraction of sp³-hybridized carbons (Fsp3) is 1.00. The standard InChI is InChI=1S/C6H14FN3/c1-6-5-8-3-4-10(6)9(2)7/h6,8H,3-5H2,1-2H3. The van der Waals surface area contributed by atoms with E-state index in [2.05, 4.69) is 5.32 Å². The first-order valence-corrected chi connectivity index (χ1v) is 3.58. The molecule has 10 heavy (non-hydrogen) atoms. The van der Waals surface area contributed by atoms with Gasteiger partial charge in [-0.05, 0) is 6.92 Å². The fourth-order valence-electron chi connectivity index (χ4n) is 1.24. The topological polar surface area (TPSA) is 18.5 Å². The number of halogens is 1. The van der Waals surface area contributed by atoms with Gasteiger partial charge < -0.3 is 5.32 Å². The Morgan fingerprint density at radius 2 is 2.40 bits per heavy atom. The molecular weight excluding hydrogens is 133 g/mol. The van der Waals surface area contributed by atoms with Crippen molar-refractivity contribution in [1.29, 1.82) is 0 Å². The molecule has 0 amide bonds. The molecule has 1 fully saturated rings. The average Bonchev–Trinajstić information content (AvgIpc) is 1.88. The van der Waals surface area contributed by atoms with Gasteiger partial charge in [0.1, 0.15) is 0 Å². The molecule has 1 N–H and O–H groups in total. The number of hydrogen-bond acceptors (Lipinski definition) is 3. The second kappa shape index (κ2) is 3.27. The molecule has 0 saturated carbocycles. The first kappa shape index (κ1) is 7.91. The van der Waals surface area contributed by atoms with E-state index < -0.39 is 0 Å². The van der Waals surface area contributed by atoms with Crippen LogP contribution >= 0.6 is 0 Å². The van der Waals surface area contributed by atoms with Gasteiger partial charge in [-0.25, -0.2) is 5.01 Å². The predicted molar refractivity (Wildman–Crippen MR) is 37.9 cm³/mol. The lowest BCUT2D eigenvalue weighted by molar-refractivity contribution is -0.174. The van der Waals surface area contributed by atoms with E-state index >= 15 is 0 Å². The molecule has 0 aliphatic carbocycles. The Labute approximate surface area is 60.7 Å². The van der Waals surface area contributed by atoms with E-state index in [1.165, 1.54) is 7.05 Å². The molecule has 1 aliphatic heterocycles. The van der Waals surface area contributed by atoms with E-state index in [1.807, 2.05) is 6.92 Å². The molecule has 0 aromatic rings. The maximum absolute atomic E-state index is 12.6. The summed E-state index contributed by atoms with van der Waals surface area (Å²) in [4.78, 5) is 0. The summed E-state index contributed by atoms with van der Waals surface area (Å²) in [5.41, 5.74) is 0. The van der Waals surface area contributed by atoms with Gasteiger partial charge in [0.2, 0.25) is 0 Å². The summed E-state index contributed by atoms with van der Waals surface area (Å²) in [7, 11) is 1.43. The van der Waals surface area contributed by atoms with E-state index in [-0.39, 0.29) is 6.04 Å². The van der Waals surface area contributed by atoms with Gasteiger partial charge in [0.25, 0.3) is 0 Å². The van der Waals surface area contributed by atoms with Gasteiger partial charge in [-0.15, -0.1) is 4.48 Å². The molecule has 1 rings (SSSR count). The zero-order chi connectivity index (χ0) is 7.56. The van der Waals surface area contributed by atoms with Crippen LogP contribution in [-0.2, 0) is 0 Å². The van der Waals surface area contributed by atoms with Crippen LogP contribution in [0.3, 0.4) is 0 Å². The highest BCUT2D eigenvalue weighted by molar-refractivity contribution is 4.71. The predicted octanol–water partition coefficient (Wildman–Crippen LogP) is 0.0114. The zero-order valence-electron chi connectivity index (χ0n) is 6.47. The van der Waals surface area contributed by atoms with Crippen molar-refractivity contribution in [3.63, 3.8) is 0 Å². The van der Waals surface area contributed by atoms with Crippen LogP contribution in [0.1, 0.15) is 6.92 Å². The summed E-state index contributed by atoms with van der Waals surface area (Å²) < 4.78 is 12.6. The lowest BCUT2D eigenvalue weighted by atomic mass is 10.2. The lowest BCUT2D eigenvalue weighted by Crippen LogP contribution is -2.53. The molecule has 1 aliphatic rings. The van der Waals surface area contributed by atoms with E-state index in [9.17, 15) is 4.48 Å². The highest BCUT2D eigenvalue weighted by Crippen LogP contribution is 2.04. The molecule has 0 aromatic heterocycles. The number of piperazine rings is 1. The third kappa shape index (κ3) is 1.65. The monoisotopic (exact) mass is 147 g/mol. The van der Waals surface area contributed by atoms with Gasteiger partial charge in [-0.1, -0.05) is 5.23 Å². The third-order valence-electron chi connectivity index (χ3n) is 1.82. The van der Waals surface area contributed by atoms with Gasteiger partial charge in [-0.3, -0.25) is 0 Å². The van der Waals surface area contributed by atoms with Crippen LogP contribution in [-0.4, -0.2) is 43.0 Å². The van der Waals surface area contributed by atoms with Crippen LogP contribution in [0.15, 0.2) is 0 Å². The molecule has 0 bridgehead atoms. The Hall–Kier alpha value is -0.190. The minimum Gasteiger partial charge on any atom is -0.314 e. The Kier molecular flexibility index (Phi) is 2.59. The summed E-state index contributed by atoms with van der Waals surface area (Å²) in [6.45, 7) is 4.50. The van der Waals surface area contributed by atoms with Gasteiger partial charge in [-0.2, -0.15) is 0 Å². The molecule has 60 valence electrons. The molecule has 1 heterocycles. The smallest absolute Gasteiger partial charge is 0.0367 e. The van der Waals surface area contributed by atoms with Crippen molar-refractivity contribution in [2.75, 3.05) is 26.7 Å². The van der Waals surface area contributed by atoms with Crippen LogP contribution < -0.4 is 5.32 Å². The molecular formula is C6H14FN3. The van der Waals surface area contributed by atoms with Crippen LogP contribution in [0.4, 0.5) is 4.48 Å². The number of nitrogens with zero attached hydrogens (tertiary/aromatic N) is 2. The van der Waals surface area contributed by atoms with Crippen LogP contribution in [0, 0.1) is 0 Å². The largest absolute Gasteiger partial charge is 0.314 e. The summed E-state index contributed by atoms with van der Waals surface area (Å²) in [5.74, 6) is 0. The number of rotatable bonds is 1. The quantitative estimate of drug-likeness (QED) is 0.527. The average molecular weight is 147 g/mol. The second-order valence-corrected chi connectivity index (χ2v) is 2.66. The number of hydrogen-bond donors (Lipinski definition) is 1. The van der Waals surface area contributed by atoms with Gasteiger partial charge in [0.15, 0.2) is 0 Å². The minimum atomic E-state index is 0.267. The van der Waals surface area contributed by atoms with Crippen molar-refractivity contribution >= 4 is 0 Å². The molecule has 0 aromatic carbocycles. The SMILES string of the molecule is CC1CNCCN1N(C)F. The summed E-state index contributed by atoms with van der Waals surface area (Å²) >= 11 is 0. The van der Waals surface area contributed by atoms with Crippen molar-refractivity contribution in [2.24, 2.45) is 0 Å². The van der Waals surface area contributed by atoms with Crippen molar-refractivity contribution in [3.05, 3.63) is 0 Å². The van der Waals surface area contributed by atoms with Gasteiger partial charge >= 0.3 is 0 Å². The Balaban J connectivity index is 2.40. The van der Waals surface area contributed by atoms with Crippen molar-refractivity contribution in [3.8, 4) is 0 Å². The number of nitrogens with one attached hydrogen (secondary N) is 1. The Morgan fingerprint density at radius 3 is 2.80 bits per heavy atom. The maximum Gasteiger partial charge on any atom is 0.0367 e. The minimum absolute atomic E-state index is 0.267. The van der Waals surface area contributed by atoms with Gasteiger partial charge in [0, 0.05) is 32.7 Å². The molecule has 0 radical (unpaired) electrons. The molecule has 4 heteroatoms. The first-order chi connectivity index (χ1) is 4.72. The van der Waals surface area contributed by atoms with Crippen LogP contribution in [0.2, 0.25) is 0 Å².